The van der Waals surface area contributed by atoms with Crippen LogP contribution in [0.1, 0.15) is 31.8 Å². The van der Waals surface area contributed by atoms with Crippen molar-refractivity contribution >= 4 is 22.3 Å². The topological polar surface area (TPSA) is 90.3 Å². The maximum Gasteiger partial charge on any atom is 0.434 e. The molecule has 1 aromatic carbocycles. The molecule has 0 spiro atoms. The molecule has 0 fully saturated rings. The van der Waals surface area contributed by atoms with E-state index in [1.165, 1.54) is 28.8 Å². The molecule has 0 saturated heterocycles. The van der Waals surface area contributed by atoms with Gasteiger partial charge in [0.25, 0.3) is 0 Å². The largest absolute Gasteiger partial charge is 0.434 e. The minimum atomic E-state index is -4.58. The molecule has 0 aliphatic rings. The summed E-state index contributed by atoms with van der Waals surface area (Å²) in [6.07, 6.45) is 6.71. The number of sulfonamides is 1. The van der Waals surface area contributed by atoms with Crippen LogP contribution in [-0.4, -0.2) is 31.7 Å². The van der Waals surface area contributed by atoms with Gasteiger partial charge in [0.05, 0.1) is 4.90 Å². The molecule has 2 N–H and O–H groups in total. The number of rotatable bonds is 4. The number of benzene rings is 1. The Hall–Kier alpha value is -2.90. The average molecular weight is 428 g/mol. The fraction of sp³-hybridized carbons (Fsp3) is 0.263. The highest BCUT2D eigenvalue weighted by Crippen LogP contribution is 2.31. The van der Waals surface area contributed by atoms with E-state index in [1.54, 1.807) is 20.0 Å². The first-order chi connectivity index (χ1) is 13.5. The Labute approximate surface area is 169 Å². The van der Waals surface area contributed by atoms with Crippen molar-refractivity contribution in [2.75, 3.05) is 7.05 Å². The first kappa shape index (κ1) is 26.1. The zero-order valence-electron chi connectivity index (χ0n) is 16.3. The second-order valence-corrected chi connectivity index (χ2v) is 7.03. The molecule has 0 saturated carbocycles. The van der Waals surface area contributed by atoms with Crippen molar-refractivity contribution in [2.45, 2.75) is 31.3 Å². The van der Waals surface area contributed by atoms with Gasteiger partial charge in [0.2, 0.25) is 10.0 Å². The van der Waals surface area contributed by atoms with Crippen LogP contribution >= 0.6 is 0 Å². The van der Waals surface area contributed by atoms with E-state index in [0.29, 0.717) is 17.7 Å². The number of aromatic nitrogens is 2. The van der Waals surface area contributed by atoms with Crippen molar-refractivity contribution in [1.29, 1.82) is 0 Å². The van der Waals surface area contributed by atoms with Crippen LogP contribution in [0.25, 0.3) is 11.3 Å². The Morgan fingerprint density at radius 1 is 1.31 bits per heavy atom. The zero-order chi connectivity index (χ0) is 22.8. The highest BCUT2D eigenvalue weighted by Gasteiger charge is 2.35. The summed E-state index contributed by atoms with van der Waals surface area (Å²) >= 11 is 0. The molecule has 0 bridgehead atoms. The van der Waals surface area contributed by atoms with Crippen LogP contribution in [0.5, 0.6) is 0 Å². The third kappa shape index (κ3) is 7.56. The van der Waals surface area contributed by atoms with Crippen LogP contribution in [0.3, 0.4) is 0 Å². The molecule has 1 heterocycles. The van der Waals surface area contributed by atoms with E-state index in [1.807, 2.05) is 6.92 Å². The normalized spacial score (nSPS) is 11.6. The summed E-state index contributed by atoms with van der Waals surface area (Å²) in [7, 11) is -2.23. The zero-order valence-corrected chi connectivity index (χ0v) is 17.1. The monoisotopic (exact) mass is 428 g/mol. The van der Waals surface area contributed by atoms with Gasteiger partial charge in [-0.3, -0.25) is 4.57 Å². The number of hydrogen-bond donors (Lipinski definition) is 1. The van der Waals surface area contributed by atoms with Crippen LogP contribution in [0.4, 0.5) is 13.2 Å². The van der Waals surface area contributed by atoms with E-state index in [4.69, 9.17) is 5.14 Å². The third-order valence-electron chi connectivity index (χ3n) is 3.30. The second-order valence-electron chi connectivity index (χ2n) is 5.47. The molecule has 0 aliphatic carbocycles. The quantitative estimate of drug-likeness (QED) is 0.591. The second kappa shape index (κ2) is 11.2. The number of allylic oxidation sites excluding steroid dienone is 2. The number of nitrogens with zero attached hydrogens (tertiary/aromatic N) is 3. The van der Waals surface area contributed by atoms with Gasteiger partial charge in [0.15, 0.2) is 5.69 Å². The fourth-order valence-corrected chi connectivity index (χ4v) is 2.70. The summed E-state index contributed by atoms with van der Waals surface area (Å²) in [6.45, 7) is 6.64. The molecule has 0 radical (unpaired) electrons. The lowest BCUT2D eigenvalue weighted by Gasteiger charge is -2.08. The van der Waals surface area contributed by atoms with E-state index in [-0.39, 0.29) is 10.7 Å². The highest BCUT2D eigenvalue weighted by molar-refractivity contribution is 7.89. The number of aliphatic imine (C=N–C) groups is 1. The summed E-state index contributed by atoms with van der Waals surface area (Å²) in [5.41, 5.74) is -0.0790. The highest BCUT2D eigenvalue weighted by atomic mass is 32.2. The molecule has 0 atom stereocenters. The summed E-state index contributed by atoms with van der Waals surface area (Å²) < 4.78 is 62.8. The van der Waals surface area contributed by atoms with Gasteiger partial charge in [-0.1, -0.05) is 13.0 Å². The lowest BCUT2D eigenvalue weighted by molar-refractivity contribution is -0.140. The maximum atomic E-state index is 13.0. The number of alkyl halides is 3. The van der Waals surface area contributed by atoms with Gasteiger partial charge >= 0.3 is 6.18 Å². The molecule has 1 aromatic heterocycles. The lowest BCUT2D eigenvalue weighted by atomic mass is 10.2. The third-order valence-corrected chi connectivity index (χ3v) is 4.23. The fourth-order valence-electron chi connectivity index (χ4n) is 2.19. The van der Waals surface area contributed by atoms with Crippen molar-refractivity contribution in [1.82, 2.24) is 9.55 Å². The number of primary sulfonamides is 1. The standard InChI is InChI=1S/C15H16F3N3O2S.C2H5N.C2H2/c1-3-4-10(2)14-20-13(15(16,17)18)9-21(14)11-5-7-12(8-6-11)24(19,22)23;1-3-2;1-2/h4-9H,3H2,1-2H3,(H2,19,22,23);1H2,2H3;1-2H/b10-4+;;. The van der Waals surface area contributed by atoms with Crippen molar-refractivity contribution in [2.24, 2.45) is 10.1 Å². The van der Waals surface area contributed by atoms with Crippen molar-refractivity contribution in [3.8, 4) is 18.5 Å². The Balaban J connectivity index is 0.00000143. The Morgan fingerprint density at radius 2 is 1.79 bits per heavy atom. The first-order valence-corrected chi connectivity index (χ1v) is 9.65. The van der Waals surface area contributed by atoms with E-state index in [9.17, 15) is 21.6 Å². The van der Waals surface area contributed by atoms with Crippen LogP contribution in [0, 0.1) is 12.8 Å². The molecule has 0 aliphatic heterocycles. The van der Waals surface area contributed by atoms with E-state index >= 15 is 0 Å². The molecule has 2 rings (SSSR count). The molecule has 2 aromatic rings. The molecule has 29 heavy (non-hydrogen) atoms. The van der Waals surface area contributed by atoms with E-state index in [2.05, 4.69) is 29.5 Å². The number of hydrogen-bond acceptors (Lipinski definition) is 4. The summed E-state index contributed by atoms with van der Waals surface area (Å²) in [5.74, 6) is 0.146. The van der Waals surface area contributed by atoms with Gasteiger partial charge in [0, 0.05) is 18.9 Å². The number of halogens is 3. The van der Waals surface area contributed by atoms with Crippen LogP contribution in [0.15, 0.2) is 46.4 Å². The average Bonchev–Trinajstić information content (AvgIpc) is 3.10. The summed E-state index contributed by atoms with van der Waals surface area (Å²) in [4.78, 5) is 6.80. The Morgan fingerprint density at radius 3 is 2.17 bits per heavy atom. The molecular formula is C19H23F3N4O2S. The summed E-state index contributed by atoms with van der Waals surface area (Å²) in [5, 5.41) is 5.02. The van der Waals surface area contributed by atoms with Crippen LogP contribution in [-0.2, 0) is 16.2 Å². The SMILES string of the molecule is C#C.C=NC.CC/C=C(\C)c1nc(C(F)(F)F)cn1-c1ccc(S(N)(=O)=O)cc1. The Kier molecular flexibility index (Phi) is 10.1. The molecule has 158 valence electrons. The number of nitrogens with two attached hydrogens (primary N) is 1. The minimum absolute atomic E-state index is 0.121. The molecule has 10 heteroatoms. The van der Waals surface area contributed by atoms with Crippen molar-refractivity contribution in [3.63, 3.8) is 0 Å². The predicted octanol–water partition coefficient (Wildman–Crippen LogP) is 3.92. The smallest absolute Gasteiger partial charge is 0.304 e. The van der Waals surface area contributed by atoms with Crippen LogP contribution in [0.2, 0.25) is 0 Å². The number of imidazole rings is 1. The van der Waals surface area contributed by atoms with Gasteiger partial charge in [-0.05, 0) is 49.9 Å². The maximum absolute atomic E-state index is 13.0. The van der Waals surface area contributed by atoms with E-state index < -0.39 is 21.9 Å². The lowest BCUT2D eigenvalue weighted by Crippen LogP contribution is -2.12. The molecule has 0 unspecified atom stereocenters. The van der Waals surface area contributed by atoms with Crippen LogP contribution < -0.4 is 5.14 Å². The van der Waals surface area contributed by atoms with Gasteiger partial charge in [-0.25, -0.2) is 18.5 Å². The van der Waals surface area contributed by atoms with Crippen molar-refractivity contribution in [3.05, 3.63) is 48.1 Å². The first-order valence-electron chi connectivity index (χ1n) is 8.10. The van der Waals surface area contributed by atoms with Gasteiger partial charge in [-0.15, -0.1) is 12.8 Å². The molecule has 0 amide bonds. The summed E-state index contributed by atoms with van der Waals surface area (Å²) in [6, 6.07) is 5.23. The van der Waals surface area contributed by atoms with Gasteiger partial charge in [-0.2, -0.15) is 13.2 Å². The predicted molar refractivity (Wildman–Crippen MR) is 109 cm³/mol. The van der Waals surface area contributed by atoms with E-state index in [0.717, 1.165) is 6.20 Å². The molecule has 6 nitrogen and oxygen atoms in total. The van der Waals surface area contributed by atoms with Gasteiger partial charge < -0.3 is 4.99 Å². The molecular weight excluding hydrogens is 405 g/mol. The van der Waals surface area contributed by atoms with Gasteiger partial charge in [0.1, 0.15) is 5.82 Å². The van der Waals surface area contributed by atoms with Crippen molar-refractivity contribution < 1.29 is 21.6 Å². The Bertz CT molecular complexity index is 958. The number of terminal acetylenes is 1. The minimum Gasteiger partial charge on any atom is -0.304 e.